The highest BCUT2D eigenvalue weighted by Crippen LogP contribution is 2.29. The summed E-state index contributed by atoms with van der Waals surface area (Å²) < 4.78 is 5.85. The summed E-state index contributed by atoms with van der Waals surface area (Å²) in [6, 6.07) is 0. The fourth-order valence-electron chi connectivity index (χ4n) is 2.67. The van der Waals surface area contributed by atoms with Crippen LogP contribution in [-0.2, 0) is 4.74 Å². The Bertz CT molecular complexity index is 287. The number of unbranched alkanes of at least 4 members (excludes halogenated alkanes) is 3. The molecule has 0 bridgehead atoms. The minimum absolute atomic E-state index is 0.309. The Morgan fingerprint density at radius 1 is 1.29 bits per heavy atom. The quantitative estimate of drug-likeness (QED) is 0.714. The van der Waals surface area contributed by atoms with E-state index in [0.29, 0.717) is 6.10 Å². The Morgan fingerprint density at radius 2 is 2.24 bits per heavy atom. The maximum atomic E-state index is 5.85. The van der Waals surface area contributed by atoms with Gasteiger partial charge in [-0.05, 0) is 30.4 Å². The van der Waals surface area contributed by atoms with Gasteiger partial charge in [-0.25, -0.2) is 0 Å². The third kappa shape index (κ3) is 3.68. The van der Waals surface area contributed by atoms with Gasteiger partial charge in [-0.1, -0.05) is 38.3 Å². The normalized spacial score (nSPS) is 24.6. The van der Waals surface area contributed by atoms with Crippen molar-refractivity contribution in [3.8, 4) is 0 Å². The van der Waals surface area contributed by atoms with Crippen LogP contribution in [-0.4, -0.2) is 25.8 Å². The van der Waals surface area contributed by atoms with Gasteiger partial charge in [-0.2, -0.15) is 0 Å². The van der Waals surface area contributed by atoms with E-state index in [-0.39, 0.29) is 0 Å². The maximum absolute atomic E-state index is 5.85. The van der Waals surface area contributed by atoms with E-state index in [1.54, 1.807) is 5.57 Å². The van der Waals surface area contributed by atoms with E-state index in [2.05, 4.69) is 24.4 Å². The lowest BCUT2D eigenvalue weighted by Crippen LogP contribution is -2.39. The number of rotatable bonds is 6. The van der Waals surface area contributed by atoms with Crippen LogP contribution in [0, 0.1) is 0 Å². The van der Waals surface area contributed by atoms with Crippen LogP contribution in [0.1, 0.15) is 45.4 Å². The summed E-state index contributed by atoms with van der Waals surface area (Å²) in [6.45, 7) is 5.10. The van der Waals surface area contributed by atoms with Gasteiger partial charge in [0.05, 0.1) is 12.7 Å². The van der Waals surface area contributed by atoms with Gasteiger partial charge in [0.1, 0.15) is 0 Å². The first-order valence-electron chi connectivity index (χ1n) is 7.13. The fraction of sp³-hybridized carbons (Fsp3) is 0.733. The molecule has 0 aromatic heterocycles. The number of hydrogen-bond acceptors (Lipinski definition) is 2. The van der Waals surface area contributed by atoms with E-state index in [0.717, 1.165) is 26.1 Å². The fourth-order valence-corrected chi connectivity index (χ4v) is 2.67. The molecule has 0 amide bonds. The van der Waals surface area contributed by atoms with E-state index < -0.39 is 0 Å². The van der Waals surface area contributed by atoms with Crippen molar-refractivity contribution in [1.82, 2.24) is 5.32 Å². The Hall–Kier alpha value is -0.600. The van der Waals surface area contributed by atoms with Gasteiger partial charge in [-0.15, -0.1) is 0 Å². The molecule has 2 heteroatoms. The summed E-state index contributed by atoms with van der Waals surface area (Å²) in [5.74, 6) is 0. The Labute approximate surface area is 105 Å². The molecule has 0 saturated carbocycles. The molecule has 1 N–H and O–H groups in total. The largest absolute Gasteiger partial charge is 0.371 e. The van der Waals surface area contributed by atoms with Gasteiger partial charge < -0.3 is 10.1 Å². The highest BCUT2D eigenvalue weighted by molar-refractivity contribution is 5.40. The molecule has 1 heterocycles. The van der Waals surface area contributed by atoms with Crippen molar-refractivity contribution in [2.45, 2.75) is 51.6 Å². The molecular weight excluding hydrogens is 210 g/mol. The van der Waals surface area contributed by atoms with Gasteiger partial charge in [0.25, 0.3) is 0 Å². The Kier molecular flexibility index (Phi) is 5.27. The second-order valence-electron chi connectivity index (χ2n) is 5.00. The van der Waals surface area contributed by atoms with E-state index >= 15 is 0 Å². The summed E-state index contributed by atoms with van der Waals surface area (Å²) in [4.78, 5) is 0. The average Bonchev–Trinajstić information content (AvgIpc) is 2.84. The van der Waals surface area contributed by atoms with Gasteiger partial charge in [0.2, 0.25) is 0 Å². The van der Waals surface area contributed by atoms with Gasteiger partial charge in [0, 0.05) is 13.1 Å². The predicted molar refractivity (Wildman–Crippen MR) is 72.2 cm³/mol. The summed E-state index contributed by atoms with van der Waals surface area (Å²) >= 11 is 0. The van der Waals surface area contributed by atoms with Crippen LogP contribution in [0.2, 0.25) is 0 Å². The van der Waals surface area contributed by atoms with Gasteiger partial charge >= 0.3 is 0 Å². The summed E-state index contributed by atoms with van der Waals surface area (Å²) in [7, 11) is 0. The molecule has 0 radical (unpaired) electrons. The van der Waals surface area contributed by atoms with Gasteiger partial charge in [-0.3, -0.25) is 0 Å². The molecule has 2 aliphatic rings. The third-order valence-corrected chi connectivity index (χ3v) is 3.65. The van der Waals surface area contributed by atoms with Crippen molar-refractivity contribution in [2.75, 3.05) is 19.7 Å². The molecule has 2 rings (SSSR count). The number of morpholine rings is 1. The van der Waals surface area contributed by atoms with Crippen LogP contribution < -0.4 is 5.32 Å². The van der Waals surface area contributed by atoms with E-state index in [4.69, 9.17) is 4.74 Å². The number of allylic oxidation sites excluding steroid dienone is 2. The molecule has 1 saturated heterocycles. The highest BCUT2D eigenvalue weighted by Gasteiger charge is 2.22. The molecule has 1 atom stereocenters. The molecule has 0 spiro atoms. The molecular formula is C15H25NO. The van der Waals surface area contributed by atoms with Crippen LogP contribution >= 0.6 is 0 Å². The van der Waals surface area contributed by atoms with Crippen molar-refractivity contribution in [1.29, 1.82) is 0 Å². The average molecular weight is 235 g/mol. The Balaban J connectivity index is 1.79. The maximum Gasteiger partial charge on any atom is 0.0949 e. The minimum atomic E-state index is 0.309. The molecule has 1 aliphatic carbocycles. The second kappa shape index (κ2) is 6.97. The van der Waals surface area contributed by atoms with Crippen LogP contribution in [0.5, 0.6) is 0 Å². The smallest absolute Gasteiger partial charge is 0.0949 e. The first kappa shape index (κ1) is 12.8. The van der Waals surface area contributed by atoms with E-state index in [1.165, 1.54) is 37.7 Å². The lowest BCUT2D eigenvalue weighted by atomic mass is 9.97. The molecule has 17 heavy (non-hydrogen) atoms. The molecule has 0 aromatic carbocycles. The molecule has 1 unspecified atom stereocenters. The zero-order chi connectivity index (χ0) is 11.9. The van der Waals surface area contributed by atoms with Gasteiger partial charge in [0.15, 0.2) is 0 Å². The zero-order valence-electron chi connectivity index (χ0n) is 11.0. The van der Waals surface area contributed by atoms with Crippen molar-refractivity contribution in [3.63, 3.8) is 0 Å². The van der Waals surface area contributed by atoms with Crippen LogP contribution in [0.25, 0.3) is 0 Å². The third-order valence-electron chi connectivity index (χ3n) is 3.65. The number of hydrogen-bond donors (Lipinski definition) is 1. The summed E-state index contributed by atoms with van der Waals surface area (Å²) in [5, 5.41) is 3.42. The first-order valence-corrected chi connectivity index (χ1v) is 7.13. The first-order chi connectivity index (χ1) is 8.42. The number of nitrogens with one attached hydrogen (secondary N) is 1. The monoisotopic (exact) mass is 235 g/mol. The highest BCUT2D eigenvalue weighted by atomic mass is 16.5. The van der Waals surface area contributed by atoms with E-state index in [1.807, 2.05) is 0 Å². The van der Waals surface area contributed by atoms with Crippen LogP contribution in [0.3, 0.4) is 0 Å². The lowest BCUT2D eigenvalue weighted by molar-refractivity contribution is 0.0530. The topological polar surface area (TPSA) is 21.3 Å². The second-order valence-corrected chi connectivity index (χ2v) is 5.00. The number of ether oxygens (including phenoxy) is 1. The summed E-state index contributed by atoms with van der Waals surface area (Å²) in [5.41, 5.74) is 3.02. The van der Waals surface area contributed by atoms with Crippen LogP contribution in [0.15, 0.2) is 23.3 Å². The molecule has 1 fully saturated rings. The molecule has 2 nitrogen and oxygen atoms in total. The molecule has 0 aromatic rings. The van der Waals surface area contributed by atoms with Crippen molar-refractivity contribution >= 4 is 0 Å². The Morgan fingerprint density at radius 3 is 3.00 bits per heavy atom. The lowest BCUT2D eigenvalue weighted by Gasteiger charge is -2.26. The van der Waals surface area contributed by atoms with Crippen LogP contribution in [0.4, 0.5) is 0 Å². The van der Waals surface area contributed by atoms with E-state index in [9.17, 15) is 0 Å². The van der Waals surface area contributed by atoms with Crippen molar-refractivity contribution < 1.29 is 4.74 Å². The minimum Gasteiger partial charge on any atom is -0.371 e. The SMILES string of the molecule is CCCCCCC1=CCC=C1C1CNCCO1. The molecule has 1 aliphatic heterocycles. The predicted octanol–water partition coefficient (Wildman–Crippen LogP) is 3.20. The van der Waals surface area contributed by atoms with Crippen molar-refractivity contribution in [2.24, 2.45) is 0 Å². The summed E-state index contributed by atoms with van der Waals surface area (Å²) in [6.07, 6.45) is 12.8. The zero-order valence-corrected chi connectivity index (χ0v) is 11.0. The van der Waals surface area contributed by atoms with Crippen molar-refractivity contribution in [3.05, 3.63) is 23.3 Å². The molecule has 96 valence electrons. The standard InChI is InChI=1S/C15H25NO/c1-2-3-4-5-7-13-8-6-9-14(13)15-12-16-10-11-17-15/h8-9,15-16H,2-7,10-12H2,1H3.